The van der Waals surface area contributed by atoms with Crippen molar-refractivity contribution < 1.29 is 4.39 Å². The Balaban J connectivity index is 1.68. The maximum absolute atomic E-state index is 12.8. The molecule has 86 valence electrons. The van der Waals surface area contributed by atoms with Gasteiger partial charge in [-0.05, 0) is 56.1 Å². The van der Waals surface area contributed by atoms with Crippen molar-refractivity contribution in [3.05, 3.63) is 30.1 Å². The van der Waals surface area contributed by atoms with Crippen LogP contribution in [0.4, 0.5) is 4.39 Å². The van der Waals surface area contributed by atoms with Gasteiger partial charge in [0.1, 0.15) is 5.82 Å². The van der Waals surface area contributed by atoms with Crippen LogP contribution in [0.1, 0.15) is 12.8 Å². The van der Waals surface area contributed by atoms with Crippen molar-refractivity contribution in [1.82, 2.24) is 4.90 Å². The van der Waals surface area contributed by atoms with E-state index in [0.717, 1.165) is 5.92 Å². The highest BCUT2D eigenvalue weighted by Gasteiger charge is 2.34. The molecule has 1 atom stereocenters. The molecule has 1 aromatic rings. The van der Waals surface area contributed by atoms with E-state index in [1.807, 2.05) is 23.9 Å². The Labute approximate surface area is 100 Å². The molecule has 0 aliphatic carbocycles. The summed E-state index contributed by atoms with van der Waals surface area (Å²) in [5.74, 6) is 0.735. The maximum Gasteiger partial charge on any atom is 0.123 e. The van der Waals surface area contributed by atoms with Crippen molar-refractivity contribution in [3.8, 4) is 0 Å². The molecule has 1 unspecified atom stereocenters. The highest BCUT2D eigenvalue weighted by atomic mass is 32.2. The van der Waals surface area contributed by atoms with Crippen molar-refractivity contribution in [1.29, 1.82) is 0 Å². The van der Waals surface area contributed by atoms with E-state index in [2.05, 4.69) is 4.90 Å². The number of benzene rings is 1. The van der Waals surface area contributed by atoms with Crippen molar-refractivity contribution in [3.63, 3.8) is 0 Å². The lowest BCUT2D eigenvalue weighted by molar-refractivity contribution is 0.118. The van der Waals surface area contributed by atoms with Gasteiger partial charge in [0, 0.05) is 16.7 Å². The molecular formula is C13H16FNS. The summed E-state index contributed by atoms with van der Waals surface area (Å²) in [7, 11) is 0. The molecule has 0 spiro atoms. The lowest BCUT2D eigenvalue weighted by Crippen LogP contribution is -2.48. The van der Waals surface area contributed by atoms with Crippen molar-refractivity contribution in [2.75, 3.05) is 19.6 Å². The molecule has 0 radical (unpaired) electrons. The number of piperidine rings is 3. The first-order chi connectivity index (χ1) is 7.81. The second-order valence-corrected chi connectivity index (χ2v) is 6.06. The summed E-state index contributed by atoms with van der Waals surface area (Å²) in [6.07, 6.45) is 2.69. The Kier molecular flexibility index (Phi) is 2.90. The van der Waals surface area contributed by atoms with E-state index in [1.165, 1.54) is 37.4 Å². The average molecular weight is 237 g/mol. The van der Waals surface area contributed by atoms with Crippen LogP contribution < -0.4 is 0 Å². The summed E-state index contributed by atoms with van der Waals surface area (Å²) in [4.78, 5) is 3.77. The van der Waals surface area contributed by atoms with Crippen molar-refractivity contribution >= 4 is 11.8 Å². The second-order valence-electron chi connectivity index (χ2n) is 4.75. The monoisotopic (exact) mass is 237 g/mol. The SMILES string of the molecule is Fc1ccc(SC2CN3CCC2CC3)cc1. The van der Waals surface area contributed by atoms with E-state index in [4.69, 9.17) is 0 Å². The first-order valence-corrected chi connectivity index (χ1v) is 6.84. The lowest BCUT2D eigenvalue weighted by atomic mass is 9.88. The van der Waals surface area contributed by atoms with Gasteiger partial charge in [-0.3, -0.25) is 0 Å². The van der Waals surface area contributed by atoms with Gasteiger partial charge in [-0.2, -0.15) is 0 Å². The third-order valence-electron chi connectivity index (χ3n) is 3.70. The molecule has 0 saturated carbocycles. The van der Waals surface area contributed by atoms with Crippen LogP contribution in [0, 0.1) is 11.7 Å². The molecule has 0 amide bonds. The molecule has 0 aromatic heterocycles. The van der Waals surface area contributed by atoms with Gasteiger partial charge in [0.05, 0.1) is 0 Å². The quantitative estimate of drug-likeness (QED) is 0.778. The number of hydrogen-bond acceptors (Lipinski definition) is 2. The van der Waals surface area contributed by atoms with E-state index in [-0.39, 0.29) is 5.82 Å². The number of hydrogen-bond donors (Lipinski definition) is 0. The predicted molar refractivity (Wildman–Crippen MR) is 65.2 cm³/mol. The number of halogens is 1. The fraction of sp³-hybridized carbons (Fsp3) is 0.538. The maximum atomic E-state index is 12.8. The van der Waals surface area contributed by atoms with Crippen molar-refractivity contribution in [2.45, 2.75) is 23.0 Å². The van der Waals surface area contributed by atoms with Crippen LogP contribution >= 0.6 is 11.8 Å². The fourth-order valence-electron chi connectivity index (χ4n) is 2.73. The molecule has 3 fully saturated rings. The summed E-state index contributed by atoms with van der Waals surface area (Å²) >= 11 is 1.93. The molecule has 2 bridgehead atoms. The standard InChI is InChI=1S/C13H16FNS/c14-11-1-3-12(4-2-11)16-13-9-15-7-5-10(13)6-8-15/h1-4,10,13H,5-9H2. The molecule has 3 aliphatic rings. The van der Waals surface area contributed by atoms with Crippen LogP contribution in [0.3, 0.4) is 0 Å². The summed E-state index contributed by atoms with van der Waals surface area (Å²) < 4.78 is 12.8. The van der Waals surface area contributed by atoms with E-state index in [1.54, 1.807) is 12.1 Å². The van der Waals surface area contributed by atoms with Crippen LogP contribution in [-0.4, -0.2) is 29.8 Å². The van der Waals surface area contributed by atoms with E-state index >= 15 is 0 Å². The second kappa shape index (κ2) is 4.38. The fourth-order valence-corrected chi connectivity index (χ4v) is 4.13. The van der Waals surface area contributed by atoms with E-state index in [0.29, 0.717) is 5.25 Å². The molecule has 3 heteroatoms. The zero-order valence-electron chi connectivity index (χ0n) is 9.23. The van der Waals surface area contributed by atoms with Gasteiger partial charge < -0.3 is 4.90 Å². The molecule has 4 rings (SSSR count). The molecule has 3 aliphatic heterocycles. The minimum atomic E-state index is -0.140. The largest absolute Gasteiger partial charge is 0.302 e. The Bertz CT molecular complexity index is 357. The number of thioether (sulfide) groups is 1. The zero-order valence-corrected chi connectivity index (χ0v) is 10.0. The molecule has 16 heavy (non-hydrogen) atoms. The van der Waals surface area contributed by atoms with Gasteiger partial charge in [-0.15, -0.1) is 11.8 Å². The van der Waals surface area contributed by atoms with Crippen LogP contribution in [0.2, 0.25) is 0 Å². The van der Waals surface area contributed by atoms with Crippen LogP contribution in [-0.2, 0) is 0 Å². The Hall–Kier alpha value is -0.540. The zero-order chi connectivity index (χ0) is 11.0. The number of fused-ring (bicyclic) bond motifs is 3. The van der Waals surface area contributed by atoms with Crippen LogP contribution in [0.15, 0.2) is 29.2 Å². The summed E-state index contributed by atoms with van der Waals surface area (Å²) in [5, 5.41) is 0.716. The van der Waals surface area contributed by atoms with Gasteiger partial charge in [0.15, 0.2) is 0 Å². The number of nitrogens with zero attached hydrogens (tertiary/aromatic N) is 1. The summed E-state index contributed by atoms with van der Waals surface area (Å²) in [5.41, 5.74) is 0. The van der Waals surface area contributed by atoms with E-state index < -0.39 is 0 Å². The number of rotatable bonds is 2. The minimum Gasteiger partial charge on any atom is -0.302 e. The molecule has 1 nitrogen and oxygen atoms in total. The lowest BCUT2D eigenvalue weighted by Gasteiger charge is -2.44. The van der Waals surface area contributed by atoms with Gasteiger partial charge in [-0.25, -0.2) is 4.39 Å². The molecule has 3 saturated heterocycles. The normalized spacial score (nSPS) is 32.9. The summed E-state index contributed by atoms with van der Waals surface area (Å²) in [6, 6.07) is 6.92. The third kappa shape index (κ3) is 2.11. The first-order valence-electron chi connectivity index (χ1n) is 5.96. The average Bonchev–Trinajstić information content (AvgIpc) is 2.34. The van der Waals surface area contributed by atoms with Gasteiger partial charge >= 0.3 is 0 Å². The molecule has 3 heterocycles. The molecular weight excluding hydrogens is 221 g/mol. The minimum absolute atomic E-state index is 0.140. The van der Waals surface area contributed by atoms with E-state index in [9.17, 15) is 4.39 Å². The summed E-state index contributed by atoms with van der Waals surface area (Å²) in [6.45, 7) is 3.78. The van der Waals surface area contributed by atoms with Crippen molar-refractivity contribution in [2.24, 2.45) is 5.92 Å². The topological polar surface area (TPSA) is 3.24 Å². The molecule has 1 aromatic carbocycles. The smallest absolute Gasteiger partial charge is 0.123 e. The highest BCUT2D eigenvalue weighted by molar-refractivity contribution is 8.00. The van der Waals surface area contributed by atoms with Crippen LogP contribution in [0.25, 0.3) is 0 Å². The highest BCUT2D eigenvalue weighted by Crippen LogP contribution is 2.38. The molecule has 0 N–H and O–H groups in total. The first kappa shape index (κ1) is 10.6. The van der Waals surface area contributed by atoms with Gasteiger partial charge in [0.25, 0.3) is 0 Å². The Morgan fingerprint density at radius 1 is 1.12 bits per heavy atom. The van der Waals surface area contributed by atoms with Gasteiger partial charge in [-0.1, -0.05) is 0 Å². The Morgan fingerprint density at radius 2 is 1.81 bits per heavy atom. The Morgan fingerprint density at radius 3 is 2.38 bits per heavy atom. The predicted octanol–water partition coefficient (Wildman–Crippen LogP) is 3.01. The van der Waals surface area contributed by atoms with Gasteiger partial charge in [0.2, 0.25) is 0 Å². The van der Waals surface area contributed by atoms with Crippen LogP contribution in [0.5, 0.6) is 0 Å². The third-order valence-corrected chi connectivity index (χ3v) is 5.08.